The number of carbonyl (C=O) groups excluding carboxylic acids is 1. The Bertz CT molecular complexity index is 1110. The Balaban J connectivity index is 1.95. The third-order valence-corrected chi connectivity index (χ3v) is 6.07. The molecule has 1 N–H and O–H groups in total. The van der Waals surface area contributed by atoms with Gasteiger partial charge < -0.3 is 0 Å². The Kier molecular flexibility index (Phi) is 6.30. The summed E-state index contributed by atoms with van der Waals surface area (Å²) in [5.74, 6) is -0.788. The summed E-state index contributed by atoms with van der Waals surface area (Å²) >= 11 is 18.2. The second kappa shape index (κ2) is 8.53. The van der Waals surface area contributed by atoms with E-state index in [2.05, 4.69) is 4.72 Å². The predicted molar refractivity (Wildman–Crippen MR) is 114 cm³/mol. The zero-order valence-corrected chi connectivity index (χ0v) is 17.4. The van der Waals surface area contributed by atoms with Gasteiger partial charge in [-0.05, 0) is 30.3 Å². The molecule has 3 aromatic rings. The molecule has 0 unspecified atom stereocenters. The van der Waals surface area contributed by atoms with Crippen LogP contribution in [-0.4, -0.2) is 14.2 Å². The zero-order chi connectivity index (χ0) is 20.3. The van der Waals surface area contributed by atoms with Crippen LogP contribution in [0.4, 0.5) is 5.69 Å². The molecule has 0 spiro atoms. The van der Waals surface area contributed by atoms with Gasteiger partial charge in [-0.15, -0.1) is 0 Å². The van der Waals surface area contributed by atoms with E-state index in [4.69, 9.17) is 34.8 Å². The van der Waals surface area contributed by atoms with E-state index in [-0.39, 0.29) is 32.6 Å². The number of carbonyl (C=O) groups is 1. The van der Waals surface area contributed by atoms with Crippen LogP contribution in [0.3, 0.4) is 0 Å². The molecule has 4 nitrogen and oxygen atoms in total. The van der Waals surface area contributed by atoms with Crippen molar-refractivity contribution in [3.63, 3.8) is 0 Å². The van der Waals surface area contributed by atoms with Crippen molar-refractivity contribution in [3.8, 4) is 0 Å². The average molecular weight is 455 g/mol. The molecule has 0 saturated carbocycles. The SMILES string of the molecule is O=C(c1ccccc1)c1cc(Cl)ccc1NS(=O)(=O)Cc1c(Cl)cccc1Cl. The number of ketones is 1. The smallest absolute Gasteiger partial charge is 0.237 e. The van der Waals surface area contributed by atoms with Crippen LogP contribution < -0.4 is 4.72 Å². The molecule has 144 valence electrons. The minimum Gasteiger partial charge on any atom is -0.289 e. The molecule has 0 atom stereocenters. The maximum atomic E-state index is 12.8. The number of anilines is 1. The second-order valence-electron chi connectivity index (χ2n) is 5.95. The number of rotatable bonds is 6. The van der Waals surface area contributed by atoms with E-state index in [0.29, 0.717) is 10.6 Å². The van der Waals surface area contributed by atoms with Gasteiger partial charge in [0.15, 0.2) is 5.78 Å². The molecule has 28 heavy (non-hydrogen) atoms. The number of hydrogen-bond acceptors (Lipinski definition) is 3. The minimum atomic E-state index is -3.90. The Morgan fingerprint density at radius 2 is 1.50 bits per heavy atom. The lowest BCUT2D eigenvalue weighted by atomic mass is 10.0. The molecular formula is C20H14Cl3NO3S. The fourth-order valence-corrected chi connectivity index (χ4v) is 4.74. The van der Waals surface area contributed by atoms with Gasteiger partial charge in [0.2, 0.25) is 10.0 Å². The quantitative estimate of drug-likeness (QED) is 0.477. The fourth-order valence-electron chi connectivity index (χ4n) is 2.60. The summed E-state index contributed by atoms with van der Waals surface area (Å²) in [4.78, 5) is 12.8. The maximum Gasteiger partial charge on any atom is 0.237 e. The first-order valence-electron chi connectivity index (χ1n) is 8.09. The van der Waals surface area contributed by atoms with Crippen LogP contribution in [0.1, 0.15) is 21.5 Å². The molecule has 0 fully saturated rings. The van der Waals surface area contributed by atoms with Gasteiger partial charge >= 0.3 is 0 Å². The molecule has 3 rings (SSSR count). The van der Waals surface area contributed by atoms with Gasteiger partial charge in [0.05, 0.1) is 11.4 Å². The Labute approximate surface area is 178 Å². The van der Waals surface area contributed by atoms with Crippen molar-refractivity contribution in [1.29, 1.82) is 0 Å². The molecule has 0 bridgehead atoms. The summed E-state index contributed by atoms with van der Waals surface area (Å²) in [5.41, 5.74) is 0.969. The Hall–Kier alpha value is -2.05. The van der Waals surface area contributed by atoms with Crippen molar-refractivity contribution in [2.24, 2.45) is 0 Å². The third kappa shape index (κ3) is 4.86. The van der Waals surface area contributed by atoms with Crippen molar-refractivity contribution in [3.05, 3.63) is 98.5 Å². The lowest BCUT2D eigenvalue weighted by Crippen LogP contribution is -2.18. The topological polar surface area (TPSA) is 63.2 Å². The average Bonchev–Trinajstić information content (AvgIpc) is 2.66. The second-order valence-corrected chi connectivity index (χ2v) is 8.92. The lowest BCUT2D eigenvalue weighted by molar-refractivity contribution is 0.103. The first-order chi connectivity index (χ1) is 13.3. The van der Waals surface area contributed by atoms with Crippen LogP contribution in [0.25, 0.3) is 0 Å². The van der Waals surface area contributed by atoms with Crippen molar-refractivity contribution < 1.29 is 13.2 Å². The minimum absolute atomic E-state index is 0.126. The van der Waals surface area contributed by atoms with Gasteiger partial charge in [-0.3, -0.25) is 9.52 Å². The highest BCUT2D eigenvalue weighted by atomic mass is 35.5. The Morgan fingerprint density at radius 3 is 2.14 bits per heavy atom. The van der Waals surface area contributed by atoms with Gasteiger partial charge in [-0.25, -0.2) is 8.42 Å². The number of halogens is 3. The van der Waals surface area contributed by atoms with Crippen molar-refractivity contribution in [2.45, 2.75) is 5.75 Å². The number of sulfonamides is 1. The van der Waals surface area contributed by atoms with Gasteiger partial charge in [0.25, 0.3) is 0 Å². The molecule has 0 heterocycles. The molecular weight excluding hydrogens is 441 g/mol. The molecule has 8 heteroatoms. The standard InChI is InChI=1S/C20H14Cl3NO3S/c21-14-9-10-19(15(11-14)20(25)13-5-2-1-3-6-13)24-28(26,27)12-16-17(22)7-4-8-18(16)23/h1-11,24H,12H2. The van der Waals surface area contributed by atoms with E-state index in [1.54, 1.807) is 48.5 Å². The van der Waals surface area contributed by atoms with E-state index in [1.165, 1.54) is 18.2 Å². The van der Waals surface area contributed by atoms with Crippen molar-refractivity contribution in [1.82, 2.24) is 0 Å². The molecule has 0 aliphatic heterocycles. The van der Waals surface area contributed by atoms with Gasteiger partial charge in [0, 0.05) is 31.8 Å². The highest BCUT2D eigenvalue weighted by molar-refractivity contribution is 7.91. The van der Waals surface area contributed by atoms with Gasteiger partial charge in [0.1, 0.15) is 0 Å². The van der Waals surface area contributed by atoms with Crippen LogP contribution in [-0.2, 0) is 15.8 Å². The molecule has 0 aliphatic carbocycles. The van der Waals surface area contributed by atoms with E-state index in [1.807, 2.05) is 0 Å². The van der Waals surface area contributed by atoms with E-state index in [9.17, 15) is 13.2 Å². The number of benzene rings is 3. The summed E-state index contributed by atoms with van der Waals surface area (Å²) < 4.78 is 27.8. The molecule has 0 radical (unpaired) electrons. The molecule has 3 aromatic carbocycles. The van der Waals surface area contributed by atoms with Crippen LogP contribution in [0.15, 0.2) is 66.7 Å². The van der Waals surface area contributed by atoms with Crippen LogP contribution >= 0.6 is 34.8 Å². The molecule has 0 saturated heterocycles. The van der Waals surface area contributed by atoms with Crippen LogP contribution in [0.5, 0.6) is 0 Å². The molecule has 0 aromatic heterocycles. The normalized spacial score (nSPS) is 11.2. The molecule has 0 aliphatic rings. The summed E-state index contributed by atoms with van der Waals surface area (Å²) in [6.07, 6.45) is 0. The van der Waals surface area contributed by atoms with E-state index in [0.717, 1.165) is 0 Å². The van der Waals surface area contributed by atoms with Crippen molar-refractivity contribution >= 4 is 56.3 Å². The van der Waals surface area contributed by atoms with Gasteiger partial charge in [-0.1, -0.05) is 71.2 Å². The van der Waals surface area contributed by atoms with E-state index >= 15 is 0 Å². The summed E-state index contributed by atoms with van der Waals surface area (Å²) in [7, 11) is -3.90. The van der Waals surface area contributed by atoms with Crippen LogP contribution in [0, 0.1) is 0 Å². The largest absolute Gasteiger partial charge is 0.289 e. The number of hydrogen-bond donors (Lipinski definition) is 1. The third-order valence-electron chi connectivity index (χ3n) is 3.92. The monoisotopic (exact) mass is 453 g/mol. The van der Waals surface area contributed by atoms with Gasteiger partial charge in [-0.2, -0.15) is 0 Å². The highest BCUT2D eigenvalue weighted by Gasteiger charge is 2.21. The van der Waals surface area contributed by atoms with Crippen LogP contribution in [0.2, 0.25) is 15.1 Å². The Morgan fingerprint density at radius 1 is 0.857 bits per heavy atom. The summed E-state index contributed by atoms with van der Waals surface area (Å²) in [6, 6.07) is 17.6. The lowest BCUT2D eigenvalue weighted by Gasteiger charge is -2.14. The predicted octanol–water partition coefficient (Wildman–Crippen LogP) is 5.82. The summed E-state index contributed by atoms with van der Waals surface area (Å²) in [5, 5.41) is 0.806. The molecule has 0 amide bonds. The fraction of sp³-hybridized carbons (Fsp3) is 0.0500. The first-order valence-corrected chi connectivity index (χ1v) is 10.9. The first kappa shape index (κ1) is 20.7. The highest BCUT2D eigenvalue weighted by Crippen LogP contribution is 2.29. The van der Waals surface area contributed by atoms with Crippen molar-refractivity contribution in [2.75, 3.05) is 4.72 Å². The summed E-state index contributed by atoms with van der Waals surface area (Å²) in [6.45, 7) is 0. The maximum absolute atomic E-state index is 12.8. The zero-order valence-electron chi connectivity index (χ0n) is 14.3. The van der Waals surface area contributed by atoms with E-state index < -0.39 is 15.8 Å². The number of nitrogens with one attached hydrogen (secondary N) is 1.